The standard InChI is InChI=1S/C15H19NO3/c1-12-6-5-9-16(15(12)18)10-14(17)19-11-13-7-3-2-4-8-13/h2-4,7-8,12H,5-6,9-11H2,1H3/t12-/m0/s1. The summed E-state index contributed by atoms with van der Waals surface area (Å²) in [6.45, 7) is 2.89. The Hall–Kier alpha value is -1.84. The van der Waals surface area contributed by atoms with Crippen molar-refractivity contribution in [2.45, 2.75) is 26.4 Å². The molecule has 1 aromatic carbocycles. The monoisotopic (exact) mass is 261 g/mol. The number of carbonyl (C=O) groups excluding carboxylic acids is 2. The predicted octanol–water partition coefficient (Wildman–Crippen LogP) is 1.99. The minimum Gasteiger partial charge on any atom is -0.459 e. The Balaban J connectivity index is 1.79. The zero-order valence-electron chi connectivity index (χ0n) is 11.2. The van der Waals surface area contributed by atoms with E-state index in [2.05, 4.69) is 0 Å². The van der Waals surface area contributed by atoms with Crippen LogP contribution in [0.15, 0.2) is 30.3 Å². The molecule has 4 heteroatoms. The number of carbonyl (C=O) groups is 2. The van der Waals surface area contributed by atoms with Gasteiger partial charge in [0.05, 0.1) is 0 Å². The largest absolute Gasteiger partial charge is 0.459 e. The Labute approximate surface area is 113 Å². The maximum Gasteiger partial charge on any atom is 0.325 e. The molecule has 1 saturated heterocycles. The average molecular weight is 261 g/mol. The van der Waals surface area contributed by atoms with Crippen LogP contribution in [-0.2, 0) is 20.9 Å². The third kappa shape index (κ3) is 3.81. The maximum absolute atomic E-state index is 11.9. The summed E-state index contributed by atoms with van der Waals surface area (Å²) >= 11 is 0. The highest BCUT2D eigenvalue weighted by atomic mass is 16.5. The number of ether oxygens (including phenoxy) is 1. The van der Waals surface area contributed by atoms with Gasteiger partial charge in [-0.05, 0) is 18.4 Å². The first kappa shape index (κ1) is 13.6. The van der Waals surface area contributed by atoms with E-state index in [1.165, 1.54) is 0 Å². The smallest absolute Gasteiger partial charge is 0.325 e. The quantitative estimate of drug-likeness (QED) is 0.779. The number of benzene rings is 1. The first-order valence-electron chi connectivity index (χ1n) is 6.65. The average Bonchev–Trinajstić information content (AvgIpc) is 2.43. The molecule has 0 N–H and O–H groups in total. The number of amides is 1. The van der Waals surface area contributed by atoms with E-state index in [0.29, 0.717) is 6.54 Å². The third-order valence-electron chi connectivity index (χ3n) is 3.36. The summed E-state index contributed by atoms with van der Waals surface area (Å²) in [7, 11) is 0. The lowest BCUT2D eigenvalue weighted by Gasteiger charge is -2.29. The Morgan fingerprint density at radius 3 is 2.84 bits per heavy atom. The first-order chi connectivity index (χ1) is 9.16. The van der Waals surface area contributed by atoms with Crippen molar-refractivity contribution in [3.05, 3.63) is 35.9 Å². The Morgan fingerprint density at radius 1 is 1.37 bits per heavy atom. The van der Waals surface area contributed by atoms with Gasteiger partial charge in [-0.15, -0.1) is 0 Å². The molecule has 102 valence electrons. The summed E-state index contributed by atoms with van der Waals surface area (Å²) in [5, 5.41) is 0. The van der Waals surface area contributed by atoms with Gasteiger partial charge in [0, 0.05) is 12.5 Å². The van der Waals surface area contributed by atoms with Gasteiger partial charge in [-0.25, -0.2) is 0 Å². The van der Waals surface area contributed by atoms with E-state index in [4.69, 9.17) is 4.74 Å². The lowest BCUT2D eigenvalue weighted by Crippen LogP contribution is -2.43. The van der Waals surface area contributed by atoms with Crippen LogP contribution in [0, 0.1) is 5.92 Å². The van der Waals surface area contributed by atoms with Crippen LogP contribution < -0.4 is 0 Å². The molecular formula is C15H19NO3. The van der Waals surface area contributed by atoms with Crippen LogP contribution in [-0.4, -0.2) is 29.9 Å². The minimum absolute atomic E-state index is 0.0238. The van der Waals surface area contributed by atoms with Gasteiger partial charge < -0.3 is 9.64 Å². The summed E-state index contributed by atoms with van der Waals surface area (Å²) in [6, 6.07) is 9.53. The van der Waals surface area contributed by atoms with Gasteiger partial charge in [0.15, 0.2) is 0 Å². The van der Waals surface area contributed by atoms with Crippen molar-refractivity contribution in [3.8, 4) is 0 Å². The van der Waals surface area contributed by atoms with E-state index in [-0.39, 0.29) is 30.9 Å². The molecule has 0 aromatic heterocycles. The van der Waals surface area contributed by atoms with Crippen LogP contribution in [0.25, 0.3) is 0 Å². The molecule has 1 amide bonds. The van der Waals surface area contributed by atoms with Crippen molar-refractivity contribution in [1.29, 1.82) is 0 Å². The molecule has 0 unspecified atom stereocenters. The fourth-order valence-electron chi connectivity index (χ4n) is 2.23. The molecular weight excluding hydrogens is 242 g/mol. The Morgan fingerprint density at radius 2 is 2.11 bits per heavy atom. The van der Waals surface area contributed by atoms with Gasteiger partial charge in [0.25, 0.3) is 0 Å². The highest BCUT2D eigenvalue weighted by Gasteiger charge is 2.26. The lowest BCUT2D eigenvalue weighted by atomic mass is 9.99. The second-order valence-corrected chi connectivity index (χ2v) is 4.95. The Bertz CT molecular complexity index is 444. The molecule has 1 atom stereocenters. The molecule has 0 saturated carbocycles. The second-order valence-electron chi connectivity index (χ2n) is 4.95. The summed E-state index contributed by atoms with van der Waals surface area (Å²) < 4.78 is 5.18. The van der Waals surface area contributed by atoms with Crippen LogP contribution in [0.5, 0.6) is 0 Å². The van der Waals surface area contributed by atoms with Crippen LogP contribution in [0.3, 0.4) is 0 Å². The molecule has 19 heavy (non-hydrogen) atoms. The highest BCUT2D eigenvalue weighted by Crippen LogP contribution is 2.16. The number of hydrogen-bond donors (Lipinski definition) is 0. The first-order valence-corrected chi connectivity index (χ1v) is 6.65. The second kappa shape index (κ2) is 6.36. The van der Waals surface area contributed by atoms with Gasteiger partial charge in [-0.1, -0.05) is 37.3 Å². The molecule has 1 heterocycles. The molecule has 0 aliphatic carbocycles. The van der Waals surface area contributed by atoms with Crippen LogP contribution >= 0.6 is 0 Å². The molecule has 1 aromatic rings. The number of likely N-dealkylation sites (tertiary alicyclic amines) is 1. The number of esters is 1. The zero-order valence-corrected chi connectivity index (χ0v) is 11.2. The molecule has 2 rings (SSSR count). The van der Waals surface area contributed by atoms with Crippen LogP contribution in [0.1, 0.15) is 25.3 Å². The number of piperidine rings is 1. The van der Waals surface area contributed by atoms with Gasteiger partial charge >= 0.3 is 5.97 Å². The van der Waals surface area contributed by atoms with Crippen LogP contribution in [0.4, 0.5) is 0 Å². The topological polar surface area (TPSA) is 46.6 Å². The van der Waals surface area contributed by atoms with E-state index in [0.717, 1.165) is 18.4 Å². The van der Waals surface area contributed by atoms with E-state index in [9.17, 15) is 9.59 Å². The fourth-order valence-corrected chi connectivity index (χ4v) is 2.23. The maximum atomic E-state index is 11.9. The third-order valence-corrected chi connectivity index (χ3v) is 3.36. The van der Waals surface area contributed by atoms with Gasteiger partial charge in [-0.2, -0.15) is 0 Å². The normalized spacial score (nSPS) is 19.3. The summed E-state index contributed by atoms with van der Waals surface area (Å²) in [5.74, 6) is -0.259. The molecule has 1 fully saturated rings. The number of nitrogens with zero attached hydrogens (tertiary/aromatic N) is 1. The van der Waals surface area contributed by atoms with Crippen molar-refractivity contribution in [2.24, 2.45) is 5.92 Å². The summed E-state index contributed by atoms with van der Waals surface area (Å²) in [6.07, 6.45) is 1.87. The van der Waals surface area contributed by atoms with Gasteiger partial charge in [-0.3, -0.25) is 9.59 Å². The van der Waals surface area contributed by atoms with Crippen molar-refractivity contribution in [1.82, 2.24) is 4.90 Å². The number of hydrogen-bond acceptors (Lipinski definition) is 3. The molecule has 0 radical (unpaired) electrons. The van der Waals surface area contributed by atoms with E-state index in [1.54, 1.807) is 4.90 Å². The molecule has 0 bridgehead atoms. The van der Waals surface area contributed by atoms with Gasteiger partial charge in [0.1, 0.15) is 13.2 Å². The van der Waals surface area contributed by atoms with E-state index < -0.39 is 0 Å². The van der Waals surface area contributed by atoms with Crippen molar-refractivity contribution in [3.63, 3.8) is 0 Å². The van der Waals surface area contributed by atoms with E-state index in [1.807, 2.05) is 37.3 Å². The molecule has 1 aliphatic heterocycles. The minimum atomic E-state index is -0.341. The summed E-state index contributed by atoms with van der Waals surface area (Å²) in [4.78, 5) is 25.2. The van der Waals surface area contributed by atoms with Crippen LogP contribution in [0.2, 0.25) is 0 Å². The zero-order chi connectivity index (χ0) is 13.7. The van der Waals surface area contributed by atoms with Crippen molar-refractivity contribution < 1.29 is 14.3 Å². The van der Waals surface area contributed by atoms with Crippen molar-refractivity contribution in [2.75, 3.05) is 13.1 Å². The molecule has 4 nitrogen and oxygen atoms in total. The SMILES string of the molecule is C[C@H]1CCCN(CC(=O)OCc2ccccc2)C1=O. The van der Waals surface area contributed by atoms with E-state index >= 15 is 0 Å². The summed E-state index contributed by atoms with van der Waals surface area (Å²) in [5.41, 5.74) is 0.953. The predicted molar refractivity (Wildman–Crippen MR) is 71.2 cm³/mol. The number of rotatable bonds is 4. The molecule has 0 spiro atoms. The van der Waals surface area contributed by atoms with Gasteiger partial charge in [0.2, 0.25) is 5.91 Å². The Kier molecular flexibility index (Phi) is 4.55. The lowest BCUT2D eigenvalue weighted by molar-refractivity contribution is -0.152. The fraction of sp³-hybridized carbons (Fsp3) is 0.467. The molecule has 1 aliphatic rings. The highest BCUT2D eigenvalue weighted by molar-refractivity contribution is 5.84. The van der Waals surface area contributed by atoms with Crippen molar-refractivity contribution >= 4 is 11.9 Å².